The molecule has 0 fully saturated rings. The molecule has 0 aliphatic heterocycles. The van der Waals surface area contributed by atoms with Crippen molar-refractivity contribution >= 4 is 27.6 Å². The summed E-state index contributed by atoms with van der Waals surface area (Å²) < 4.78 is 29.1. The summed E-state index contributed by atoms with van der Waals surface area (Å²) in [7, 11) is 0. The van der Waals surface area contributed by atoms with Gasteiger partial charge in [0.25, 0.3) is 0 Å². The SMILES string of the molecule is O=C(NCc1ccc(OC(F)F)cc1)Nc1cccc(Br)c1. The Balaban J connectivity index is 1.83. The monoisotopic (exact) mass is 370 g/mol. The molecule has 22 heavy (non-hydrogen) atoms. The molecule has 0 radical (unpaired) electrons. The number of ether oxygens (including phenoxy) is 1. The summed E-state index contributed by atoms with van der Waals surface area (Å²) in [5, 5.41) is 5.36. The maximum absolute atomic E-state index is 12.0. The Morgan fingerprint density at radius 1 is 1.18 bits per heavy atom. The number of alkyl halides is 2. The van der Waals surface area contributed by atoms with Crippen LogP contribution in [-0.2, 0) is 6.54 Å². The molecule has 0 spiro atoms. The van der Waals surface area contributed by atoms with Gasteiger partial charge in [-0.25, -0.2) is 4.79 Å². The number of amides is 2. The van der Waals surface area contributed by atoms with E-state index in [9.17, 15) is 13.6 Å². The molecule has 4 nitrogen and oxygen atoms in total. The van der Waals surface area contributed by atoms with Gasteiger partial charge in [0.05, 0.1) is 0 Å². The van der Waals surface area contributed by atoms with Crippen molar-refractivity contribution in [3.05, 3.63) is 58.6 Å². The Hall–Kier alpha value is -2.15. The van der Waals surface area contributed by atoms with Crippen LogP contribution in [0.15, 0.2) is 53.0 Å². The van der Waals surface area contributed by atoms with E-state index >= 15 is 0 Å². The molecule has 2 rings (SSSR count). The lowest BCUT2D eigenvalue weighted by Gasteiger charge is -2.09. The number of hydrogen-bond donors (Lipinski definition) is 2. The highest BCUT2D eigenvalue weighted by molar-refractivity contribution is 9.10. The van der Waals surface area contributed by atoms with Crippen molar-refractivity contribution in [3.8, 4) is 5.75 Å². The van der Waals surface area contributed by atoms with Crippen LogP contribution >= 0.6 is 15.9 Å². The van der Waals surface area contributed by atoms with Gasteiger partial charge in [0.2, 0.25) is 0 Å². The van der Waals surface area contributed by atoms with E-state index in [-0.39, 0.29) is 18.3 Å². The van der Waals surface area contributed by atoms with Gasteiger partial charge in [-0.2, -0.15) is 8.78 Å². The van der Waals surface area contributed by atoms with Gasteiger partial charge in [0.1, 0.15) is 5.75 Å². The molecule has 2 aromatic rings. The first-order valence-electron chi connectivity index (χ1n) is 6.37. The lowest BCUT2D eigenvalue weighted by molar-refractivity contribution is -0.0498. The van der Waals surface area contributed by atoms with Gasteiger partial charge < -0.3 is 15.4 Å². The number of rotatable bonds is 5. The lowest BCUT2D eigenvalue weighted by atomic mass is 10.2. The number of carbonyl (C=O) groups excluding carboxylic acids is 1. The van der Waals surface area contributed by atoms with Crippen molar-refractivity contribution in [1.29, 1.82) is 0 Å². The second kappa shape index (κ2) is 7.74. The number of hydrogen-bond acceptors (Lipinski definition) is 2. The van der Waals surface area contributed by atoms with Crippen molar-refractivity contribution in [1.82, 2.24) is 5.32 Å². The maximum atomic E-state index is 12.0. The lowest BCUT2D eigenvalue weighted by Crippen LogP contribution is -2.28. The number of anilines is 1. The van der Waals surface area contributed by atoms with E-state index in [0.717, 1.165) is 10.0 Å². The molecular weight excluding hydrogens is 358 g/mol. The highest BCUT2D eigenvalue weighted by atomic mass is 79.9. The molecule has 0 saturated carbocycles. The molecule has 0 bridgehead atoms. The minimum Gasteiger partial charge on any atom is -0.435 e. The van der Waals surface area contributed by atoms with Crippen LogP contribution in [0.2, 0.25) is 0 Å². The summed E-state index contributed by atoms with van der Waals surface area (Å²) in [5.74, 6) is 0.0809. The van der Waals surface area contributed by atoms with Crippen molar-refractivity contribution < 1.29 is 18.3 Å². The Bertz CT molecular complexity index is 636. The second-order valence-electron chi connectivity index (χ2n) is 4.34. The van der Waals surface area contributed by atoms with Crippen LogP contribution in [0.4, 0.5) is 19.3 Å². The first kappa shape index (κ1) is 16.2. The summed E-state index contributed by atoms with van der Waals surface area (Å²) >= 11 is 3.31. The number of carbonyl (C=O) groups is 1. The third kappa shape index (κ3) is 5.33. The molecule has 0 aromatic heterocycles. The third-order valence-electron chi connectivity index (χ3n) is 2.68. The molecule has 116 valence electrons. The van der Waals surface area contributed by atoms with Crippen LogP contribution < -0.4 is 15.4 Å². The molecule has 0 aliphatic carbocycles. The molecule has 2 aromatic carbocycles. The highest BCUT2D eigenvalue weighted by Gasteiger charge is 2.05. The first-order valence-corrected chi connectivity index (χ1v) is 7.16. The van der Waals surface area contributed by atoms with Crippen LogP contribution in [0.25, 0.3) is 0 Å². The molecule has 2 amide bonds. The van der Waals surface area contributed by atoms with E-state index in [1.54, 1.807) is 30.3 Å². The minimum atomic E-state index is -2.85. The summed E-state index contributed by atoms with van der Waals surface area (Å²) in [6.07, 6.45) is 0. The third-order valence-corrected chi connectivity index (χ3v) is 3.18. The fraction of sp³-hybridized carbons (Fsp3) is 0.133. The van der Waals surface area contributed by atoms with Crippen LogP contribution in [-0.4, -0.2) is 12.6 Å². The van der Waals surface area contributed by atoms with Gasteiger partial charge in [-0.1, -0.05) is 34.1 Å². The fourth-order valence-electron chi connectivity index (χ4n) is 1.71. The van der Waals surface area contributed by atoms with Crippen LogP contribution in [0.3, 0.4) is 0 Å². The number of halogens is 3. The standard InChI is InChI=1S/C15H13BrF2N2O2/c16-11-2-1-3-12(8-11)20-15(21)19-9-10-4-6-13(7-5-10)22-14(17)18/h1-8,14H,9H2,(H2,19,20,21). The maximum Gasteiger partial charge on any atom is 0.387 e. The van der Waals surface area contributed by atoms with Gasteiger partial charge in [0.15, 0.2) is 0 Å². The van der Waals surface area contributed by atoms with Crippen LogP contribution in [0.1, 0.15) is 5.56 Å². The largest absolute Gasteiger partial charge is 0.435 e. The topological polar surface area (TPSA) is 50.4 Å². The summed E-state index contributed by atoms with van der Waals surface area (Å²) in [6.45, 7) is -2.57. The molecule has 0 saturated heterocycles. The van der Waals surface area contributed by atoms with E-state index in [0.29, 0.717) is 5.69 Å². The van der Waals surface area contributed by atoms with Crippen LogP contribution in [0, 0.1) is 0 Å². The van der Waals surface area contributed by atoms with Gasteiger partial charge in [-0.15, -0.1) is 0 Å². The Morgan fingerprint density at radius 3 is 2.55 bits per heavy atom. The minimum absolute atomic E-state index is 0.0809. The van der Waals surface area contributed by atoms with E-state index in [4.69, 9.17) is 0 Å². The second-order valence-corrected chi connectivity index (χ2v) is 5.26. The van der Waals surface area contributed by atoms with Crippen molar-refractivity contribution in [3.63, 3.8) is 0 Å². The summed E-state index contributed by atoms with van der Waals surface area (Å²) in [5.41, 5.74) is 1.43. The molecule has 7 heteroatoms. The molecular formula is C15H13BrF2N2O2. The summed E-state index contributed by atoms with van der Waals surface area (Å²) in [6, 6.07) is 12.9. The predicted octanol–water partition coefficient (Wildman–Crippen LogP) is 4.37. The van der Waals surface area contributed by atoms with Gasteiger partial charge >= 0.3 is 12.6 Å². The highest BCUT2D eigenvalue weighted by Crippen LogP contribution is 2.16. The van der Waals surface area contributed by atoms with Gasteiger partial charge in [-0.3, -0.25) is 0 Å². The quantitative estimate of drug-likeness (QED) is 0.820. The fourth-order valence-corrected chi connectivity index (χ4v) is 2.11. The number of benzene rings is 2. The predicted molar refractivity (Wildman–Crippen MR) is 83.1 cm³/mol. The molecule has 0 unspecified atom stereocenters. The van der Waals surface area contributed by atoms with E-state index < -0.39 is 6.61 Å². The van der Waals surface area contributed by atoms with E-state index in [1.807, 2.05) is 6.07 Å². The van der Waals surface area contributed by atoms with E-state index in [2.05, 4.69) is 31.3 Å². The Labute approximate surface area is 134 Å². The average Bonchev–Trinajstić information content (AvgIpc) is 2.46. The molecule has 0 heterocycles. The molecule has 0 atom stereocenters. The van der Waals surface area contributed by atoms with E-state index in [1.165, 1.54) is 12.1 Å². The normalized spacial score (nSPS) is 10.4. The average molecular weight is 371 g/mol. The summed E-state index contributed by atoms with van der Waals surface area (Å²) in [4.78, 5) is 11.7. The van der Waals surface area contributed by atoms with Crippen molar-refractivity contribution in [2.24, 2.45) is 0 Å². The van der Waals surface area contributed by atoms with Gasteiger partial charge in [-0.05, 0) is 35.9 Å². The Kier molecular flexibility index (Phi) is 5.71. The van der Waals surface area contributed by atoms with Crippen molar-refractivity contribution in [2.45, 2.75) is 13.2 Å². The molecule has 2 N–H and O–H groups in total. The van der Waals surface area contributed by atoms with Gasteiger partial charge in [0, 0.05) is 16.7 Å². The smallest absolute Gasteiger partial charge is 0.387 e. The zero-order chi connectivity index (χ0) is 15.9. The zero-order valence-electron chi connectivity index (χ0n) is 11.4. The Morgan fingerprint density at radius 2 is 1.91 bits per heavy atom. The first-order chi connectivity index (χ1) is 10.5. The van der Waals surface area contributed by atoms with Crippen molar-refractivity contribution in [2.75, 3.05) is 5.32 Å². The number of urea groups is 1. The number of nitrogens with one attached hydrogen (secondary N) is 2. The van der Waals surface area contributed by atoms with Crippen LogP contribution in [0.5, 0.6) is 5.75 Å². The zero-order valence-corrected chi connectivity index (χ0v) is 12.9. The molecule has 0 aliphatic rings.